The van der Waals surface area contributed by atoms with Crippen LogP contribution in [0.15, 0.2) is 0 Å². The molecule has 0 bridgehead atoms. The van der Waals surface area contributed by atoms with Crippen molar-refractivity contribution in [3.8, 4) is 0 Å². The summed E-state index contributed by atoms with van der Waals surface area (Å²) in [5, 5.41) is 8.93. The van der Waals surface area contributed by atoms with E-state index in [9.17, 15) is 4.79 Å². The van der Waals surface area contributed by atoms with Gasteiger partial charge < -0.3 is 10.8 Å². The summed E-state index contributed by atoms with van der Waals surface area (Å²) in [4.78, 5) is 10.9. The number of carbonyl (C=O) groups is 1. The van der Waals surface area contributed by atoms with Gasteiger partial charge >= 0.3 is 5.97 Å². The molecule has 1 saturated carbocycles. The van der Waals surface area contributed by atoms with E-state index >= 15 is 0 Å². The predicted octanol–water partition coefficient (Wildman–Crippen LogP) is 2.79. The van der Waals surface area contributed by atoms with Gasteiger partial charge in [-0.1, -0.05) is 45.4 Å². The number of carboxylic acids is 1. The van der Waals surface area contributed by atoms with Gasteiger partial charge in [-0.15, -0.1) is 0 Å². The normalized spacial score (nSPS) is 22.2. The zero-order chi connectivity index (χ0) is 12.2. The van der Waals surface area contributed by atoms with Crippen LogP contribution in [0.2, 0.25) is 0 Å². The van der Waals surface area contributed by atoms with Crippen molar-refractivity contribution in [1.82, 2.24) is 0 Å². The van der Waals surface area contributed by atoms with Crippen molar-refractivity contribution in [2.24, 2.45) is 17.6 Å². The number of rotatable bonds is 7. The van der Waals surface area contributed by atoms with E-state index in [1.165, 1.54) is 32.1 Å². The maximum atomic E-state index is 10.9. The highest BCUT2D eigenvalue weighted by molar-refractivity contribution is 5.77. The topological polar surface area (TPSA) is 63.3 Å². The molecule has 0 aromatic rings. The summed E-state index contributed by atoms with van der Waals surface area (Å²) in [7, 11) is 0. The average Bonchev–Trinajstić information content (AvgIpc) is 2.08. The SMILES string of the molecule is CC(CCCC1CCC1)CC(C)(N)C(=O)O. The minimum absolute atomic E-state index is 0.408. The van der Waals surface area contributed by atoms with Crippen molar-refractivity contribution in [3.05, 3.63) is 0 Å². The van der Waals surface area contributed by atoms with Crippen LogP contribution < -0.4 is 5.73 Å². The Balaban J connectivity index is 2.14. The van der Waals surface area contributed by atoms with Gasteiger partial charge in [0.15, 0.2) is 0 Å². The Morgan fingerprint density at radius 1 is 1.56 bits per heavy atom. The van der Waals surface area contributed by atoms with E-state index in [1.807, 2.05) is 0 Å². The molecule has 2 unspecified atom stereocenters. The van der Waals surface area contributed by atoms with Gasteiger partial charge in [0.2, 0.25) is 0 Å². The van der Waals surface area contributed by atoms with Crippen LogP contribution in [0.1, 0.15) is 58.8 Å². The number of hydrogen-bond acceptors (Lipinski definition) is 2. The minimum Gasteiger partial charge on any atom is -0.480 e. The number of aliphatic carboxylic acids is 1. The Bertz CT molecular complexity index is 234. The molecule has 0 aliphatic heterocycles. The van der Waals surface area contributed by atoms with Crippen LogP contribution in [0.3, 0.4) is 0 Å². The van der Waals surface area contributed by atoms with E-state index in [4.69, 9.17) is 10.8 Å². The Kier molecular flexibility index (Phi) is 4.78. The fraction of sp³-hybridized carbons (Fsp3) is 0.923. The van der Waals surface area contributed by atoms with E-state index in [0.717, 1.165) is 12.3 Å². The molecule has 3 heteroatoms. The first kappa shape index (κ1) is 13.5. The first-order valence-corrected chi connectivity index (χ1v) is 6.44. The van der Waals surface area contributed by atoms with Crippen LogP contribution >= 0.6 is 0 Å². The molecule has 0 aromatic heterocycles. The van der Waals surface area contributed by atoms with E-state index in [-0.39, 0.29) is 0 Å². The standard InChI is InChI=1S/C13H25NO2/c1-10(9-13(2,14)12(15)16)5-3-6-11-7-4-8-11/h10-11H,3-9,14H2,1-2H3,(H,15,16). The summed E-state index contributed by atoms with van der Waals surface area (Å²) in [6, 6.07) is 0. The van der Waals surface area contributed by atoms with E-state index in [0.29, 0.717) is 12.3 Å². The Morgan fingerprint density at radius 2 is 2.19 bits per heavy atom. The molecular formula is C13H25NO2. The van der Waals surface area contributed by atoms with E-state index in [2.05, 4.69) is 6.92 Å². The maximum Gasteiger partial charge on any atom is 0.323 e. The molecule has 3 nitrogen and oxygen atoms in total. The number of nitrogens with two attached hydrogens (primary N) is 1. The molecule has 0 heterocycles. The maximum absolute atomic E-state index is 10.9. The second-order valence-corrected chi connectivity index (χ2v) is 5.76. The predicted molar refractivity (Wildman–Crippen MR) is 65.2 cm³/mol. The molecule has 1 aliphatic rings. The molecule has 3 N–H and O–H groups in total. The molecule has 0 saturated heterocycles. The molecule has 2 atom stereocenters. The first-order chi connectivity index (χ1) is 7.42. The van der Waals surface area contributed by atoms with Gasteiger partial charge in [-0.3, -0.25) is 4.79 Å². The third-order valence-electron chi connectivity index (χ3n) is 3.80. The highest BCUT2D eigenvalue weighted by Gasteiger charge is 2.29. The summed E-state index contributed by atoms with van der Waals surface area (Å²) in [5.74, 6) is 0.473. The fourth-order valence-electron chi connectivity index (χ4n) is 2.45. The van der Waals surface area contributed by atoms with Crippen molar-refractivity contribution in [3.63, 3.8) is 0 Å². The summed E-state index contributed by atoms with van der Waals surface area (Å²) in [5.41, 5.74) is 4.67. The highest BCUT2D eigenvalue weighted by Crippen LogP contribution is 2.32. The molecule has 0 amide bonds. The van der Waals surface area contributed by atoms with Crippen molar-refractivity contribution in [2.75, 3.05) is 0 Å². The molecule has 16 heavy (non-hydrogen) atoms. The summed E-state index contributed by atoms with van der Waals surface area (Å²) >= 11 is 0. The number of carboxylic acid groups (broad SMARTS) is 1. The quantitative estimate of drug-likeness (QED) is 0.703. The average molecular weight is 227 g/mol. The Labute approximate surface area is 98.4 Å². The smallest absolute Gasteiger partial charge is 0.323 e. The molecule has 94 valence electrons. The van der Waals surface area contributed by atoms with Crippen LogP contribution in [-0.4, -0.2) is 16.6 Å². The Morgan fingerprint density at radius 3 is 2.62 bits per heavy atom. The summed E-state index contributed by atoms with van der Waals surface area (Å²) < 4.78 is 0. The van der Waals surface area contributed by atoms with Gasteiger partial charge in [0, 0.05) is 0 Å². The molecule has 0 spiro atoms. The molecule has 0 aromatic carbocycles. The monoisotopic (exact) mass is 227 g/mol. The largest absolute Gasteiger partial charge is 0.480 e. The molecule has 0 radical (unpaired) electrons. The van der Waals surface area contributed by atoms with Crippen molar-refractivity contribution >= 4 is 5.97 Å². The van der Waals surface area contributed by atoms with E-state index < -0.39 is 11.5 Å². The third-order valence-corrected chi connectivity index (χ3v) is 3.80. The van der Waals surface area contributed by atoms with Gasteiger partial charge in [0.05, 0.1) is 0 Å². The zero-order valence-corrected chi connectivity index (χ0v) is 10.5. The van der Waals surface area contributed by atoms with Gasteiger partial charge in [-0.25, -0.2) is 0 Å². The van der Waals surface area contributed by atoms with E-state index in [1.54, 1.807) is 6.92 Å². The van der Waals surface area contributed by atoms with Gasteiger partial charge in [0.25, 0.3) is 0 Å². The lowest BCUT2D eigenvalue weighted by Crippen LogP contribution is -2.46. The highest BCUT2D eigenvalue weighted by atomic mass is 16.4. The Hall–Kier alpha value is -0.570. The van der Waals surface area contributed by atoms with Gasteiger partial charge in [0.1, 0.15) is 5.54 Å². The second-order valence-electron chi connectivity index (χ2n) is 5.76. The summed E-state index contributed by atoms with van der Waals surface area (Å²) in [6.45, 7) is 3.71. The van der Waals surface area contributed by atoms with Crippen LogP contribution in [0, 0.1) is 11.8 Å². The fourth-order valence-corrected chi connectivity index (χ4v) is 2.45. The minimum atomic E-state index is -1.06. The molecule has 1 rings (SSSR count). The van der Waals surface area contributed by atoms with Crippen LogP contribution in [0.5, 0.6) is 0 Å². The van der Waals surface area contributed by atoms with Crippen LogP contribution in [-0.2, 0) is 4.79 Å². The third kappa shape index (κ3) is 4.12. The second kappa shape index (κ2) is 5.67. The van der Waals surface area contributed by atoms with Crippen molar-refractivity contribution in [1.29, 1.82) is 0 Å². The van der Waals surface area contributed by atoms with Crippen LogP contribution in [0.4, 0.5) is 0 Å². The summed E-state index contributed by atoms with van der Waals surface area (Å²) in [6.07, 6.45) is 8.43. The zero-order valence-electron chi connectivity index (χ0n) is 10.5. The lowest BCUT2D eigenvalue weighted by molar-refractivity contribution is -0.143. The number of hydrogen-bond donors (Lipinski definition) is 2. The van der Waals surface area contributed by atoms with Crippen molar-refractivity contribution in [2.45, 2.75) is 64.3 Å². The van der Waals surface area contributed by atoms with Gasteiger partial charge in [-0.2, -0.15) is 0 Å². The molecule has 1 aliphatic carbocycles. The lowest BCUT2D eigenvalue weighted by Gasteiger charge is -2.27. The first-order valence-electron chi connectivity index (χ1n) is 6.44. The lowest BCUT2D eigenvalue weighted by atomic mass is 9.80. The van der Waals surface area contributed by atoms with Crippen LogP contribution in [0.25, 0.3) is 0 Å². The van der Waals surface area contributed by atoms with Gasteiger partial charge in [-0.05, 0) is 25.2 Å². The molecule has 1 fully saturated rings. The van der Waals surface area contributed by atoms with Crippen molar-refractivity contribution < 1.29 is 9.90 Å². The molecular weight excluding hydrogens is 202 g/mol.